The average Bonchev–Trinajstić information content (AvgIpc) is 3.44. The molecule has 0 amide bonds. The molecule has 5 rings (SSSR count). The van der Waals surface area contributed by atoms with Crippen molar-refractivity contribution >= 4 is 28.7 Å². The predicted molar refractivity (Wildman–Crippen MR) is 108 cm³/mol. The van der Waals surface area contributed by atoms with Gasteiger partial charge in [0.2, 0.25) is 11.2 Å². The third-order valence-corrected chi connectivity index (χ3v) is 5.65. The van der Waals surface area contributed by atoms with Gasteiger partial charge in [-0.1, -0.05) is 28.9 Å². The predicted octanol–water partition coefficient (Wildman–Crippen LogP) is 3.18. The van der Waals surface area contributed by atoms with E-state index < -0.39 is 0 Å². The van der Waals surface area contributed by atoms with E-state index >= 15 is 0 Å². The van der Waals surface area contributed by atoms with Crippen molar-refractivity contribution in [3.8, 4) is 0 Å². The Kier molecular flexibility index (Phi) is 4.80. The number of rotatable bonds is 4. The minimum atomic E-state index is -0.284. The van der Waals surface area contributed by atoms with Crippen molar-refractivity contribution < 1.29 is 9.26 Å². The lowest BCUT2D eigenvalue weighted by Gasteiger charge is -2.09. The highest BCUT2D eigenvalue weighted by Gasteiger charge is 2.31. The van der Waals surface area contributed by atoms with E-state index in [-0.39, 0.29) is 29.4 Å². The van der Waals surface area contributed by atoms with Gasteiger partial charge in [-0.3, -0.25) is 9.36 Å². The summed E-state index contributed by atoms with van der Waals surface area (Å²) in [6.45, 7) is 2.30. The molecule has 4 aromatic rings. The van der Waals surface area contributed by atoms with E-state index in [2.05, 4.69) is 20.2 Å². The number of hydrogen-bond donors (Lipinski definition) is 0. The molecule has 1 saturated heterocycles. The lowest BCUT2D eigenvalue weighted by atomic mass is 10.0. The Morgan fingerprint density at radius 1 is 1.20 bits per heavy atom. The summed E-state index contributed by atoms with van der Waals surface area (Å²) in [5, 5.41) is 9.08. The Bertz CT molecular complexity index is 1280. The summed E-state index contributed by atoms with van der Waals surface area (Å²) in [6, 6.07) is 7.60. The fourth-order valence-corrected chi connectivity index (χ4v) is 3.99. The molecule has 1 fully saturated rings. The summed E-state index contributed by atoms with van der Waals surface area (Å²) >= 11 is 11.9. The quantitative estimate of drug-likeness (QED) is 0.474. The molecule has 0 saturated carbocycles. The zero-order valence-corrected chi connectivity index (χ0v) is 17.3. The van der Waals surface area contributed by atoms with Crippen LogP contribution in [-0.2, 0) is 11.3 Å². The first kappa shape index (κ1) is 19.2. The number of ether oxygens (including phenoxy) is 1. The van der Waals surface area contributed by atoms with Gasteiger partial charge in [0.25, 0.3) is 5.56 Å². The molecule has 0 N–H and O–H groups in total. The molecule has 9 nitrogen and oxygen atoms in total. The second-order valence-corrected chi connectivity index (χ2v) is 7.92. The first-order valence-corrected chi connectivity index (χ1v) is 10.0. The number of halogens is 2. The Morgan fingerprint density at radius 2 is 2.00 bits per heavy atom. The Hall–Kier alpha value is -2.75. The maximum atomic E-state index is 12.7. The van der Waals surface area contributed by atoms with Crippen LogP contribution in [0.3, 0.4) is 0 Å². The van der Waals surface area contributed by atoms with Gasteiger partial charge < -0.3 is 9.26 Å². The molecule has 1 aliphatic heterocycles. The fourth-order valence-electron chi connectivity index (χ4n) is 3.61. The van der Waals surface area contributed by atoms with E-state index in [1.54, 1.807) is 6.92 Å². The molecule has 4 heterocycles. The van der Waals surface area contributed by atoms with Gasteiger partial charge >= 0.3 is 0 Å². The lowest BCUT2D eigenvalue weighted by Crippen LogP contribution is -2.24. The molecular formula is C19H16Cl2N6O3. The average molecular weight is 447 g/mol. The first-order chi connectivity index (χ1) is 14.5. The molecule has 1 aliphatic rings. The van der Waals surface area contributed by atoms with Crippen LogP contribution < -0.4 is 5.56 Å². The summed E-state index contributed by atoms with van der Waals surface area (Å²) in [5.41, 5.74) is 1.60. The number of nitrogens with zero attached hydrogens (tertiary/aromatic N) is 6. The topological polar surface area (TPSA) is 100 Å². The molecule has 2 unspecified atom stereocenters. The summed E-state index contributed by atoms with van der Waals surface area (Å²) in [7, 11) is 0. The smallest absolute Gasteiger partial charge is 0.280 e. The highest BCUT2D eigenvalue weighted by atomic mass is 35.5. The largest absolute Gasteiger partial charge is 0.373 e. The van der Waals surface area contributed by atoms with Crippen LogP contribution in [0.25, 0.3) is 5.52 Å². The van der Waals surface area contributed by atoms with Gasteiger partial charge in [0.15, 0.2) is 11.3 Å². The second kappa shape index (κ2) is 7.50. The van der Waals surface area contributed by atoms with Crippen molar-refractivity contribution in [2.24, 2.45) is 0 Å². The van der Waals surface area contributed by atoms with Crippen LogP contribution in [-0.4, -0.2) is 35.9 Å². The number of imidazole rings is 1. The van der Waals surface area contributed by atoms with Crippen LogP contribution in [0.1, 0.15) is 41.4 Å². The molecule has 2 atom stereocenters. The van der Waals surface area contributed by atoms with E-state index in [1.165, 1.54) is 15.4 Å². The number of aryl methyl sites for hydroxylation is 1. The van der Waals surface area contributed by atoms with Gasteiger partial charge in [0, 0.05) is 10.9 Å². The standard InChI is InChI=1S/C19H16Cl2N6O3/c1-10-16-18(28)26(9-22-27(16)19(21)23-10)7-15-24-17(25-30-15)12-6-14(29-8-12)11-2-4-13(20)5-3-11/h2-5,9,12,14H,6-8H2,1H3. The molecular weight excluding hydrogens is 431 g/mol. The molecule has 11 heteroatoms. The minimum Gasteiger partial charge on any atom is -0.373 e. The fraction of sp³-hybridized carbons (Fsp3) is 0.316. The van der Waals surface area contributed by atoms with E-state index in [1.807, 2.05) is 24.3 Å². The molecule has 0 bridgehead atoms. The molecule has 1 aromatic carbocycles. The summed E-state index contributed by atoms with van der Waals surface area (Å²) in [5.74, 6) is 0.889. The SMILES string of the molecule is Cc1nc(Cl)n2ncn(Cc3nc(C4COC(c5ccc(Cl)cc5)C4)no3)c(=O)c12. The molecule has 0 spiro atoms. The van der Waals surface area contributed by atoms with Crippen LogP contribution in [0.4, 0.5) is 0 Å². The molecule has 0 radical (unpaired) electrons. The van der Waals surface area contributed by atoms with E-state index in [0.29, 0.717) is 34.6 Å². The van der Waals surface area contributed by atoms with E-state index in [9.17, 15) is 4.79 Å². The van der Waals surface area contributed by atoms with E-state index in [0.717, 1.165) is 12.0 Å². The second-order valence-electron chi connectivity index (χ2n) is 7.14. The van der Waals surface area contributed by atoms with Crippen molar-refractivity contribution in [2.75, 3.05) is 6.61 Å². The highest BCUT2D eigenvalue weighted by Crippen LogP contribution is 2.37. The third kappa shape index (κ3) is 3.38. The Balaban J connectivity index is 1.33. The van der Waals surface area contributed by atoms with Gasteiger partial charge in [-0.2, -0.15) is 14.6 Å². The molecule has 30 heavy (non-hydrogen) atoms. The molecule has 3 aromatic heterocycles. The van der Waals surface area contributed by atoms with Crippen molar-refractivity contribution in [2.45, 2.75) is 31.9 Å². The van der Waals surface area contributed by atoms with Gasteiger partial charge in [0.1, 0.15) is 12.9 Å². The monoisotopic (exact) mass is 446 g/mol. The zero-order chi connectivity index (χ0) is 20.8. The van der Waals surface area contributed by atoms with Crippen molar-refractivity contribution in [3.63, 3.8) is 0 Å². The highest BCUT2D eigenvalue weighted by molar-refractivity contribution is 6.30. The summed E-state index contributed by atoms with van der Waals surface area (Å²) in [6.07, 6.45) is 2.07. The van der Waals surface area contributed by atoms with Gasteiger partial charge in [-0.15, -0.1) is 0 Å². The Labute approximate surface area is 180 Å². The summed E-state index contributed by atoms with van der Waals surface area (Å²) < 4.78 is 14.0. The van der Waals surface area contributed by atoms with Crippen molar-refractivity contribution in [1.82, 2.24) is 29.3 Å². The lowest BCUT2D eigenvalue weighted by molar-refractivity contribution is 0.110. The number of fused-ring (bicyclic) bond motifs is 1. The maximum absolute atomic E-state index is 12.7. The number of hydrogen-bond acceptors (Lipinski definition) is 7. The minimum absolute atomic E-state index is 0.0105. The van der Waals surface area contributed by atoms with E-state index in [4.69, 9.17) is 32.5 Å². The third-order valence-electron chi connectivity index (χ3n) is 5.15. The van der Waals surface area contributed by atoms with Gasteiger partial charge in [-0.05, 0) is 42.6 Å². The van der Waals surface area contributed by atoms with Gasteiger partial charge in [-0.25, -0.2) is 4.98 Å². The van der Waals surface area contributed by atoms with Crippen LogP contribution in [0, 0.1) is 6.92 Å². The summed E-state index contributed by atoms with van der Waals surface area (Å²) in [4.78, 5) is 21.3. The Morgan fingerprint density at radius 3 is 2.80 bits per heavy atom. The van der Waals surface area contributed by atoms with Crippen LogP contribution in [0.5, 0.6) is 0 Å². The number of aromatic nitrogens is 6. The van der Waals surface area contributed by atoms with Gasteiger partial charge in [0.05, 0.1) is 18.4 Å². The van der Waals surface area contributed by atoms with Crippen LogP contribution in [0.15, 0.2) is 39.9 Å². The maximum Gasteiger partial charge on any atom is 0.280 e. The van der Waals surface area contributed by atoms with Crippen molar-refractivity contribution in [1.29, 1.82) is 0 Å². The van der Waals surface area contributed by atoms with Crippen molar-refractivity contribution in [3.05, 3.63) is 74.2 Å². The van der Waals surface area contributed by atoms with Crippen LogP contribution >= 0.6 is 23.2 Å². The molecule has 0 aliphatic carbocycles. The normalized spacial score (nSPS) is 19.0. The van der Waals surface area contributed by atoms with Crippen LogP contribution in [0.2, 0.25) is 10.3 Å². The zero-order valence-electron chi connectivity index (χ0n) is 15.8. The molecule has 154 valence electrons. The first-order valence-electron chi connectivity index (χ1n) is 9.29. The number of benzene rings is 1.